The molecule has 0 aliphatic carbocycles. The van der Waals surface area contributed by atoms with E-state index in [-0.39, 0.29) is 17.5 Å². The summed E-state index contributed by atoms with van der Waals surface area (Å²) < 4.78 is 45.5. The molecule has 1 aromatic rings. The summed E-state index contributed by atoms with van der Waals surface area (Å²) in [5, 5.41) is 0. The van der Waals surface area contributed by atoms with Gasteiger partial charge >= 0.3 is 6.09 Å². The largest absolute Gasteiger partial charge is 0.444 e. The van der Waals surface area contributed by atoms with Crippen molar-refractivity contribution in [3.63, 3.8) is 0 Å². The molecule has 8 heteroatoms. The Morgan fingerprint density at radius 2 is 1.92 bits per heavy atom. The fourth-order valence-corrected chi connectivity index (χ4v) is 3.75. The first-order chi connectivity index (χ1) is 11.6. The number of carbonyl (C=O) groups is 1. The molecule has 1 atom stereocenters. The maximum absolute atomic E-state index is 13.0. The topological polar surface area (TPSA) is 75.7 Å². The molecule has 2 rings (SSSR count). The van der Waals surface area contributed by atoms with Crippen molar-refractivity contribution in [1.82, 2.24) is 9.62 Å². The molecule has 1 saturated heterocycles. The molecule has 1 aliphatic heterocycles. The number of rotatable bonds is 4. The van der Waals surface area contributed by atoms with E-state index in [0.717, 1.165) is 25.0 Å². The monoisotopic (exact) mass is 372 g/mol. The van der Waals surface area contributed by atoms with E-state index in [4.69, 9.17) is 4.74 Å². The van der Waals surface area contributed by atoms with Crippen LogP contribution in [0.15, 0.2) is 29.2 Å². The van der Waals surface area contributed by atoms with Crippen molar-refractivity contribution in [2.45, 2.75) is 56.6 Å². The van der Waals surface area contributed by atoms with Crippen molar-refractivity contribution >= 4 is 16.1 Å². The van der Waals surface area contributed by atoms with Gasteiger partial charge in [-0.15, -0.1) is 0 Å². The summed E-state index contributed by atoms with van der Waals surface area (Å²) >= 11 is 0. The van der Waals surface area contributed by atoms with Crippen LogP contribution in [0, 0.1) is 5.82 Å². The summed E-state index contributed by atoms with van der Waals surface area (Å²) in [6.07, 6.45) is 2.05. The van der Waals surface area contributed by atoms with Gasteiger partial charge in [-0.1, -0.05) is 0 Å². The number of halogens is 1. The molecule has 25 heavy (non-hydrogen) atoms. The van der Waals surface area contributed by atoms with Gasteiger partial charge in [0.2, 0.25) is 10.0 Å². The Labute approximate surface area is 148 Å². The number of hydrogen-bond donors (Lipinski definition) is 1. The second-order valence-corrected chi connectivity index (χ2v) is 8.90. The quantitative estimate of drug-likeness (QED) is 0.882. The van der Waals surface area contributed by atoms with Crippen LogP contribution in [0.1, 0.15) is 40.0 Å². The molecule has 1 N–H and O–H groups in total. The Balaban J connectivity index is 2.03. The van der Waals surface area contributed by atoms with Crippen LogP contribution in [0.2, 0.25) is 0 Å². The molecular weight excluding hydrogens is 347 g/mol. The molecule has 0 spiro atoms. The molecule has 0 saturated carbocycles. The van der Waals surface area contributed by atoms with Gasteiger partial charge < -0.3 is 9.64 Å². The smallest absolute Gasteiger partial charge is 0.410 e. The van der Waals surface area contributed by atoms with Crippen molar-refractivity contribution in [3.05, 3.63) is 30.1 Å². The van der Waals surface area contributed by atoms with E-state index >= 15 is 0 Å². The maximum Gasteiger partial charge on any atom is 0.410 e. The number of hydrogen-bond acceptors (Lipinski definition) is 4. The minimum atomic E-state index is -3.76. The SMILES string of the molecule is CC(C)(C)OC(=O)N1CCCC[C@H]1CNS(=O)(=O)c1ccc(F)cc1. The van der Waals surface area contributed by atoms with Crippen LogP contribution in [-0.2, 0) is 14.8 Å². The minimum absolute atomic E-state index is 0.00599. The summed E-state index contributed by atoms with van der Waals surface area (Å²) in [5.74, 6) is -0.498. The first kappa shape index (κ1) is 19.7. The van der Waals surface area contributed by atoms with Crippen LogP contribution in [-0.4, -0.2) is 44.1 Å². The minimum Gasteiger partial charge on any atom is -0.444 e. The average Bonchev–Trinajstić information content (AvgIpc) is 2.52. The third-order valence-corrected chi connectivity index (χ3v) is 5.33. The normalized spacial score (nSPS) is 18.9. The zero-order chi connectivity index (χ0) is 18.7. The predicted molar refractivity (Wildman–Crippen MR) is 92.2 cm³/mol. The van der Waals surface area contributed by atoms with E-state index in [2.05, 4.69) is 4.72 Å². The van der Waals surface area contributed by atoms with Gasteiger partial charge in [0, 0.05) is 19.1 Å². The molecule has 1 amide bonds. The van der Waals surface area contributed by atoms with Gasteiger partial charge in [0.15, 0.2) is 0 Å². The van der Waals surface area contributed by atoms with Gasteiger partial charge in [-0.25, -0.2) is 22.3 Å². The maximum atomic E-state index is 13.0. The number of nitrogens with zero attached hydrogens (tertiary/aromatic N) is 1. The Morgan fingerprint density at radius 1 is 1.28 bits per heavy atom. The zero-order valence-electron chi connectivity index (χ0n) is 14.8. The second-order valence-electron chi connectivity index (χ2n) is 7.13. The van der Waals surface area contributed by atoms with Crippen molar-refractivity contribution in [2.75, 3.05) is 13.1 Å². The van der Waals surface area contributed by atoms with Crippen molar-refractivity contribution in [1.29, 1.82) is 0 Å². The molecule has 140 valence electrons. The lowest BCUT2D eigenvalue weighted by Gasteiger charge is -2.36. The van der Waals surface area contributed by atoms with Crippen LogP contribution in [0.3, 0.4) is 0 Å². The number of piperidine rings is 1. The number of nitrogens with one attached hydrogen (secondary N) is 1. The highest BCUT2D eigenvalue weighted by Gasteiger charge is 2.31. The first-order valence-electron chi connectivity index (χ1n) is 8.33. The van der Waals surface area contributed by atoms with Gasteiger partial charge in [-0.3, -0.25) is 0 Å². The summed E-state index contributed by atoms with van der Waals surface area (Å²) in [4.78, 5) is 13.9. The fourth-order valence-electron chi connectivity index (χ4n) is 2.68. The van der Waals surface area contributed by atoms with Crippen LogP contribution >= 0.6 is 0 Å². The Kier molecular flexibility index (Phi) is 6.05. The van der Waals surface area contributed by atoms with Crippen LogP contribution in [0.25, 0.3) is 0 Å². The predicted octanol–water partition coefficient (Wildman–Crippen LogP) is 2.89. The number of carbonyl (C=O) groups excluding carboxylic acids is 1. The van der Waals surface area contributed by atoms with Gasteiger partial charge in [0.1, 0.15) is 11.4 Å². The average molecular weight is 372 g/mol. The lowest BCUT2D eigenvalue weighted by Crippen LogP contribution is -2.50. The number of sulfonamides is 1. The van der Waals surface area contributed by atoms with E-state index in [1.165, 1.54) is 12.1 Å². The van der Waals surface area contributed by atoms with E-state index < -0.39 is 27.5 Å². The molecule has 1 aliphatic rings. The van der Waals surface area contributed by atoms with Gasteiger partial charge in [0.05, 0.1) is 4.90 Å². The molecular formula is C17H25FN2O4S. The summed E-state index contributed by atoms with van der Waals surface area (Å²) in [5.41, 5.74) is -0.604. The second kappa shape index (κ2) is 7.70. The molecule has 1 heterocycles. The summed E-state index contributed by atoms with van der Waals surface area (Å²) in [6, 6.07) is 4.36. The van der Waals surface area contributed by atoms with Crippen LogP contribution in [0.5, 0.6) is 0 Å². The van der Waals surface area contributed by atoms with Crippen molar-refractivity contribution in [2.24, 2.45) is 0 Å². The lowest BCUT2D eigenvalue weighted by atomic mass is 10.0. The highest BCUT2D eigenvalue weighted by atomic mass is 32.2. The third kappa shape index (κ3) is 5.67. The molecule has 0 unspecified atom stereocenters. The Hall–Kier alpha value is -1.67. The van der Waals surface area contributed by atoms with Crippen molar-refractivity contribution < 1.29 is 22.3 Å². The molecule has 0 aromatic heterocycles. The Bertz CT molecular complexity index is 698. The van der Waals surface area contributed by atoms with Gasteiger partial charge in [0.25, 0.3) is 0 Å². The van der Waals surface area contributed by atoms with Gasteiger partial charge in [-0.2, -0.15) is 0 Å². The van der Waals surface area contributed by atoms with Crippen LogP contribution < -0.4 is 4.72 Å². The molecule has 1 aromatic carbocycles. The molecule has 6 nitrogen and oxygen atoms in total. The first-order valence-corrected chi connectivity index (χ1v) is 9.82. The summed E-state index contributed by atoms with van der Waals surface area (Å²) in [6.45, 7) is 6.01. The fraction of sp³-hybridized carbons (Fsp3) is 0.588. The third-order valence-electron chi connectivity index (χ3n) is 3.89. The zero-order valence-corrected chi connectivity index (χ0v) is 15.6. The van der Waals surface area contributed by atoms with Crippen molar-refractivity contribution in [3.8, 4) is 0 Å². The van der Waals surface area contributed by atoms with Gasteiger partial charge in [-0.05, 0) is 64.3 Å². The summed E-state index contributed by atoms with van der Waals surface area (Å²) in [7, 11) is -3.76. The molecule has 0 radical (unpaired) electrons. The number of amides is 1. The highest BCUT2D eigenvalue weighted by Crippen LogP contribution is 2.20. The van der Waals surface area contributed by atoms with E-state index in [0.29, 0.717) is 13.0 Å². The van der Waals surface area contributed by atoms with Crippen LogP contribution in [0.4, 0.5) is 9.18 Å². The molecule has 0 bridgehead atoms. The Morgan fingerprint density at radius 3 is 2.52 bits per heavy atom. The standard InChI is InChI=1S/C17H25FN2O4S/c1-17(2,3)24-16(21)20-11-5-4-6-14(20)12-19-25(22,23)15-9-7-13(18)8-10-15/h7-10,14,19H,4-6,11-12H2,1-3H3/t14-/m0/s1. The number of ether oxygens (including phenoxy) is 1. The number of benzene rings is 1. The van der Waals surface area contributed by atoms with E-state index in [9.17, 15) is 17.6 Å². The molecule has 1 fully saturated rings. The van der Waals surface area contributed by atoms with E-state index in [1.54, 1.807) is 25.7 Å². The highest BCUT2D eigenvalue weighted by molar-refractivity contribution is 7.89. The lowest BCUT2D eigenvalue weighted by molar-refractivity contribution is 0.0105. The number of likely N-dealkylation sites (tertiary alicyclic amines) is 1. The van der Waals surface area contributed by atoms with E-state index in [1.807, 2.05) is 0 Å².